The van der Waals surface area contributed by atoms with Crippen molar-refractivity contribution in [3.8, 4) is 0 Å². The van der Waals surface area contributed by atoms with E-state index in [2.05, 4.69) is 22.8 Å². The van der Waals surface area contributed by atoms with E-state index in [0.29, 0.717) is 17.8 Å². The van der Waals surface area contributed by atoms with Gasteiger partial charge in [0.25, 0.3) is 0 Å². The van der Waals surface area contributed by atoms with Gasteiger partial charge in [0, 0.05) is 12.0 Å². The van der Waals surface area contributed by atoms with Gasteiger partial charge in [-0.3, -0.25) is 0 Å². The molecule has 2 amide bonds. The summed E-state index contributed by atoms with van der Waals surface area (Å²) in [7, 11) is 1.32. The van der Waals surface area contributed by atoms with Gasteiger partial charge >= 0.3 is 12.0 Å². The average molecular weight is 324 g/mol. The van der Waals surface area contributed by atoms with Gasteiger partial charge in [0.15, 0.2) is 0 Å². The molecule has 0 atom stereocenters. The number of ether oxygens (including phenoxy) is 1. The second-order valence-electron chi connectivity index (χ2n) is 5.99. The highest BCUT2D eigenvalue weighted by Gasteiger charge is 2.44. The Morgan fingerprint density at radius 3 is 2.38 bits per heavy atom. The third kappa shape index (κ3) is 3.40. The average Bonchev–Trinajstić information content (AvgIpc) is 3.42. The molecule has 1 aliphatic rings. The number of carbonyl (C=O) groups is 2. The molecule has 0 heterocycles. The number of hydrogen-bond acceptors (Lipinski definition) is 3. The van der Waals surface area contributed by atoms with Crippen LogP contribution in [0.15, 0.2) is 54.6 Å². The van der Waals surface area contributed by atoms with Gasteiger partial charge in [0.2, 0.25) is 0 Å². The van der Waals surface area contributed by atoms with Crippen LogP contribution in [0.4, 0.5) is 10.5 Å². The highest BCUT2D eigenvalue weighted by atomic mass is 16.5. The minimum atomic E-state index is -0.478. The largest absolute Gasteiger partial charge is 0.465 e. The van der Waals surface area contributed by atoms with Crippen molar-refractivity contribution in [3.63, 3.8) is 0 Å². The van der Waals surface area contributed by atoms with E-state index in [9.17, 15) is 9.59 Å². The highest BCUT2D eigenvalue weighted by molar-refractivity contribution is 6.00. The Hall–Kier alpha value is -2.82. The van der Waals surface area contributed by atoms with Crippen LogP contribution < -0.4 is 10.6 Å². The zero-order chi connectivity index (χ0) is 17.0. The first-order chi connectivity index (χ1) is 11.6. The maximum Gasteiger partial charge on any atom is 0.339 e. The molecule has 0 aliphatic heterocycles. The predicted molar refractivity (Wildman–Crippen MR) is 92.2 cm³/mol. The molecule has 0 bridgehead atoms. The van der Waals surface area contributed by atoms with Crippen molar-refractivity contribution >= 4 is 17.7 Å². The van der Waals surface area contributed by atoms with Crippen molar-refractivity contribution in [3.05, 3.63) is 65.7 Å². The van der Waals surface area contributed by atoms with Crippen LogP contribution in [0.3, 0.4) is 0 Å². The zero-order valence-corrected chi connectivity index (χ0v) is 13.5. The molecule has 0 saturated heterocycles. The van der Waals surface area contributed by atoms with E-state index in [1.165, 1.54) is 12.7 Å². The maximum absolute atomic E-state index is 12.2. The smallest absolute Gasteiger partial charge is 0.339 e. The summed E-state index contributed by atoms with van der Waals surface area (Å²) in [6.45, 7) is 0.573. The lowest BCUT2D eigenvalue weighted by atomic mass is 9.96. The molecule has 0 spiro atoms. The van der Waals surface area contributed by atoms with Gasteiger partial charge in [0.05, 0.1) is 18.4 Å². The molecule has 1 saturated carbocycles. The lowest BCUT2D eigenvalue weighted by Gasteiger charge is -2.17. The summed E-state index contributed by atoms with van der Waals surface area (Å²) >= 11 is 0. The molecule has 0 radical (unpaired) electrons. The minimum Gasteiger partial charge on any atom is -0.465 e. The van der Waals surface area contributed by atoms with E-state index < -0.39 is 5.97 Å². The van der Waals surface area contributed by atoms with E-state index in [1.807, 2.05) is 18.2 Å². The number of urea groups is 1. The van der Waals surface area contributed by atoms with Crippen LogP contribution in [0.25, 0.3) is 0 Å². The molecule has 2 aromatic carbocycles. The van der Waals surface area contributed by atoms with E-state index in [4.69, 9.17) is 4.74 Å². The standard InChI is InChI=1S/C19H20N2O3/c1-24-17(22)15-9-5-6-10-16(15)21-18(23)20-13-19(11-12-19)14-7-3-2-4-8-14/h2-10H,11-13H2,1H3,(H2,20,21,23). The van der Waals surface area contributed by atoms with Gasteiger partial charge in [-0.1, -0.05) is 42.5 Å². The van der Waals surface area contributed by atoms with E-state index >= 15 is 0 Å². The van der Waals surface area contributed by atoms with Crippen LogP contribution in [0.5, 0.6) is 0 Å². The first-order valence-corrected chi connectivity index (χ1v) is 7.92. The van der Waals surface area contributed by atoms with Gasteiger partial charge in [-0.05, 0) is 30.5 Å². The molecule has 3 rings (SSSR count). The van der Waals surface area contributed by atoms with Crippen molar-refractivity contribution in [1.29, 1.82) is 0 Å². The molecule has 5 heteroatoms. The molecule has 0 aromatic heterocycles. The van der Waals surface area contributed by atoms with E-state index in [-0.39, 0.29) is 11.4 Å². The third-order valence-electron chi connectivity index (χ3n) is 4.41. The van der Waals surface area contributed by atoms with Crippen molar-refractivity contribution in [2.24, 2.45) is 0 Å². The summed E-state index contributed by atoms with van der Waals surface area (Å²) in [6, 6.07) is 16.7. The summed E-state index contributed by atoms with van der Waals surface area (Å²) in [6.07, 6.45) is 2.13. The number of amides is 2. The molecule has 24 heavy (non-hydrogen) atoms. The zero-order valence-electron chi connectivity index (χ0n) is 13.5. The predicted octanol–water partition coefficient (Wildman–Crippen LogP) is 3.33. The molecule has 124 valence electrons. The fraction of sp³-hybridized carbons (Fsp3) is 0.263. The van der Waals surface area contributed by atoms with Crippen molar-refractivity contribution in [2.45, 2.75) is 18.3 Å². The number of benzene rings is 2. The van der Waals surface area contributed by atoms with Crippen molar-refractivity contribution in [2.75, 3.05) is 19.0 Å². The summed E-state index contributed by atoms with van der Waals surface area (Å²) in [5, 5.41) is 5.64. The summed E-state index contributed by atoms with van der Waals surface area (Å²) < 4.78 is 4.73. The fourth-order valence-electron chi connectivity index (χ4n) is 2.81. The summed E-state index contributed by atoms with van der Waals surface area (Å²) in [5.41, 5.74) is 2.06. The monoisotopic (exact) mass is 324 g/mol. The Kier molecular flexibility index (Phi) is 4.51. The number of para-hydroxylation sites is 1. The van der Waals surface area contributed by atoms with Crippen molar-refractivity contribution < 1.29 is 14.3 Å². The first kappa shape index (κ1) is 16.1. The van der Waals surface area contributed by atoms with Gasteiger partial charge in [0.1, 0.15) is 0 Å². The molecule has 0 unspecified atom stereocenters. The molecule has 1 fully saturated rings. The molecule has 2 N–H and O–H groups in total. The first-order valence-electron chi connectivity index (χ1n) is 7.92. The fourth-order valence-corrected chi connectivity index (χ4v) is 2.81. The number of nitrogens with one attached hydrogen (secondary N) is 2. The highest BCUT2D eigenvalue weighted by Crippen LogP contribution is 2.47. The van der Waals surface area contributed by atoms with Gasteiger partial charge in [-0.25, -0.2) is 9.59 Å². The lowest BCUT2D eigenvalue weighted by molar-refractivity contribution is 0.0602. The summed E-state index contributed by atoms with van der Waals surface area (Å²) in [5.74, 6) is -0.478. The van der Waals surface area contributed by atoms with Gasteiger partial charge in [-0.15, -0.1) is 0 Å². The Morgan fingerprint density at radius 1 is 1.04 bits per heavy atom. The van der Waals surface area contributed by atoms with Crippen LogP contribution in [0.2, 0.25) is 0 Å². The number of hydrogen-bond donors (Lipinski definition) is 2. The summed E-state index contributed by atoms with van der Waals surface area (Å²) in [4.78, 5) is 23.9. The quantitative estimate of drug-likeness (QED) is 0.829. The van der Waals surface area contributed by atoms with E-state index in [1.54, 1.807) is 24.3 Å². The Balaban J connectivity index is 1.62. The number of carbonyl (C=O) groups excluding carboxylic acids is 2. The Labute approximate surface area is 141 Å². The normalized spacial score (nSPS) is 14.5. The van der Waals surface area contributed by atoms with Gasteiger partial charge < -0.3 is 15.4 Å². The second-order valence-corrected chi connectivity index (χ2v) is 5.99. The molecule has 5 nitrogen and oxygen atoms in total. The lowest BCUT2D eigenvalue weighted by Crippen LogP contribution is -2.35. The van der Waals surface area contributed by atoms with Crippen LogP contribution in [0.1, 0.15) is 28.8 Å². The van der Waals surface area contributed by atoms with Gasteiger partial charge in [-0.2, -0.15) is 0 Å². The molecular weight excluding hydrogens is 304 g/mol. The van der Waals surface area contributed by atoms with Crippen molar-refractivity contribution in [1.82, 2.24) is 5.32 Å². The number of anilines is 1. The van der Waals surface area contributed by atoms with E-state index in [0.717, 1.165) is 12.8 Å². The van der Waals surface area contributed by atoms with Crippen LogP contribution >= 0.6 is 0 Å². The topological polar surface area (TPSA) is 67.4 Å². The minimum absolute atomic E-state index is 0.0421. The molecule has 1 aliphatic carbocycles. The number of esters is 1. The van der Waals surface area contributed by atoms with Crippen LogP contribution in [-0.4, -0.2) is 25.7 Å². The SMILES string of the molecule is COC(=O)c1ccccc1NC(=O)NCC1(c2ccccc2)CC1. The second kappa shape index (κ2) is 6.74. The molecule has 2 aromatic rings. The van der Waals surface area contributed by atoms with Crippen LogP contribution in [0, 0.1) is 0 Å². The third-order valence-corrected chi connectivity index (χ3v) is 4.41. The number of rotatable bonds is 5. The molecular formula is C19H20N2O3. The Bertz CT molecular complexity index is 739. The number of methoxy groups -OCH3 is 1. The van der Waals surface area contributed by atoms with Crippen LogP contribution in [-0.2, 0) is 10.2 Å². The Morgan fingerprint density at radius 2 is 1.71 bits per heavy atom. The maximum atomic E-state index is 12.2.